The molecule has 0 unspecified atom stereocenters. The molecule has 1 N–H and O–H groups in total. The first kappa shape index (κ1) is 12.9. The molecule has 4 heteroatoms. The SMILES string of the molecule is O=C(NC1CCCCCCC1)c1ccc[n+]([O-])c1. The molecule has 1 aliphatic rings. The molecule has 0 bridgehead atoms. The summed E-state index contributed by atoms with van der Waals surface area (Å²) in [4.78, 5) is 12.0. The molecule has 98 valence electrons. The lowest BCUT2D eigenvalue weighted by atomic mass is 9.96. The molecule has 1 aliphatic carbocycles. The third-order valence-corrected chi connectivity index (χ3v) is 3.48. The van der Waals surface area contributed by atoms with Crippen LogP contribution in [0.4, 0.5) is 0 Å². The van der Waals surface area contributed by atoms with E-state index in [1.54, 1.807) is 12.1 Å². The number of hydrogen-bond donors (Lipinski definition) is 1. The Hall–Kier alpha value is -1.58. The first-order valence-corrected chi connectivity index (χ1v) is 6.75. The van der Waals surface area contributed by atoms with Crippen molar-refractivity contribution in [3.8, 4) is 0 Å². The van der Waals surface area contributed by atoms with E-state index in [4.69, 9.17) is 0 Å². The molecule has 1 saturated carbocycles. The molecule has 0 spiro atoms. The van der Waals surface area contributed by atoms with Gasteiger partial charge in [-0.05, 0) is 18.9 Å². The minimum atomic E-state index is -0.134. The van der Waals surface area contributed by atoms with E-state index >= 15 is 0 Å². The van der Waals surface area contributed by atoms with Crippen LogP contribution in [0, 0.1) is 5.21 Å². The predicted octanol–water partition coefficient (Wildman–Crippen LogP) is 2.16. The van der Waals surface area contributed by atoms with Gasteiger partial charge in [0.15, 0.2) is 12.4 Å². The summed E-state index contributed by atoms with van der Waals surface area (Å²) >= 11 is 0. The molecule has 1 fully saturated rings. The lowest BCUT2D eigenvalue weighted by Crippen LogP contribution is -2.36. The van der Waals surface area contributed by atoms with E-state index in [1.165, 1.54) is 44.5 Å². The van der Waals surface area contributed by atoms with Crippen LogP contribution < -0.4 is 10.0 Å². The summed E-state index contributed by atoms with van der Waals surface area (Å²) < 4.78 is 0.660. The van der Waals surface area contributed by atoms with Crippen LogP contribution >= 0.6 is 0 Å². The topological polar surface area (TPSA) is 56.0 Å². The van der Waals surface area contributed by atoms with Crippen molar-refractivity contribution >= 4 is 5.91 Å². The van der Waals surface area contributed by atoms with Crippen molar-refractivity contribution in [2.75, 3.05) is 0 Å². The van der Waals surface area contributed by atoms with Gasteiger partial charge in [0.25, 0.3) is 5.91 Å². The van der Waals surface area contributed by atoms with Crippen molar-refractivity contribution in [1.82, 2.24) is 5.32 Å². The first-order valence-electron chi connectivity index (χ1n) is 6.75. The highest BCUT2D eigenvalue weighted by molar-refractivity contribution is 5.93. The molecule has 1 amide bonds. The summed E-state index contributed by atoms with van der Waals surface area (Å²) in [6.07, 6.45) is 11.0. The fourth-order valence-electron chi connectivity index (χ4n) is 2.46. The van der Waals surface area contributed by atoms with Gasteiger partial charge in [-0.25, -0.2) is 0 Å². The summed E-state index contributed by atoms with van der Waals surface area (Å²) in [5, 5.41) is 14.2. The Bertz CT molecular complexity index is 399. The zero-order chi connectivity index (χ0) is 12.8. The number of aromatic nitrogens is 1. The Morgan fingerprint density at radius 3 is 2.56 bits per heavy atom. The third kappa shape index (κ3) is 3.72. The first-order chi connectivity index (χ1) is 8.75. The van der Waals surface area contributed by atoms with Gasteiger partial charge in [0.1, 0.15) is 5.56 Å². The average Bonchev–Trinajstić information content (AvgIpc) is 2.32. The van der Waals surface area contributed by atoms with Crippen LogP contribution in [-0.4, -0.2) is 11.9 Å². The van der Waals surface area contributed by atoms with Crippen LogP contribution in [0.15, 0.2) is 24.5 Å². The second kappa shape index (κ2) is 6.38. The highest BCUT2D eigenvalue weighted by atomic mass is 16.5. The van der Waals surface area contributed by atoms with Gasteiger partial charge in [0.2, 0.25) is 0 Å². The lowest BCUT2D eigenvalue weighted by Gasteiger charge is -2.20. The third-order valence-electron chi connectivity index (χ3n) is 3.48. The van der Waals surface area contributed by atoms with Gasteiger partial charge in [0, 0.05) is 12.1 Å². The molecular formula is C14H20N2O2. The number of carbonyl (C=O) groups is 1. The van der Waals surface area contributed by atoms with E-state index in [0.717, 1.165) is 12.8 Å². The maximum atomic E-state index is 12.0. The summed E-state index contributed by atoms with van der Waals surface area (Å²) in [6, 6.07) is 3.53. The summed E-state index contributed by atoms with van der Waals surface area (Å²) in [6.45, 7) is 0. The minimum absolute atomic E-state index is 0.134. The van der Waals surface area contributed by atoms with E-state index in [9.17, 15) is 10.0 Å². The van der Waals surface area contributed by atoms with E-state index < -0.39 is 0 Å². The molecule has 0 aromatic carbocycles. The van der Waals surface area contributed by atoms with Gasteiger partial charge in [-0.1, -0.05) is 32.1 Å². The summed E-state index contributed by atoms with van der Waals surface area (Å²) in [7, 11) is 0. The molecule has 18 heavy (non-hydrogen) atoms. The zero-order valence-electron chi connectivity index (χ0n) is 10.6. The summed E-state index contributed by atoms with van der Waals surface area (Å²) in [5.74, 6) is -0.134. The molecule has 0 atom stereocenters. The maximum Gasteiger partial charge on any atom is 0.257 e. The van der Waals surface area contributed by atoms with Gasteiger partial charge in [-0.15, -0.1) is 0 Å². The monoisotopic (exact) mass is 248 g/mol. The summed E-state index contributed by atoms with van der Waals surface area (Å²) in [5.41, 5.74) is 0.439. The molecule has 2 rings (SSSR count). The fourth-order valence-corrected chi connectivity index (χ4v) is 2.46. The number of rotatable bonds is 2. The number of amides is 1. The smallest absolute Gasteiger partial charge is 0.257 e. The van der Waals surface area contributed by atoms with Crippen LogP contribution in [0.25, 0.3) is 0 Å². The van der Waals surface area contributed by atoms with Crippen LogP contribution in [0.1, 0.15) is 55.3 Å². The molecule has 0 saturated heterocycles. The van der Waals surface area contributed by atoms with Crippen LogP contribution in [0.2, 0.25) is 0 Å². The van der Waals surface area contributed by atoms with Crippen molar-refractivity contribution in [2.45, 2.75) is 51.0 Å². The van der Waals surface area contributed by atoms with Crippen molar-refractivity contribution in [2.24, 2.45) is 0 Å². The van der Waals surface area contributed by atoms with Gasteiger partial charge in [-0.2, -0.15) is 4.73 Å². The fraction of sp³-hybridized carbons (Fsp3) is 0.571. The van der Waals surface area contributed by atoms with Crippen molar-refractivity contribution in [3.05, 3.63) is 35.3 Å². The van der Waals surface area contributed by atoms with Gasteiger partial charge in [-0.3, -0.25) is 4.79 Å². The van der Waals surface area contributed by atoms with E-state index in [2.05, 4.69) is 5.32 Å². The molecule has 1 aromatic heterocycles. The molecular weight excluding hydrogens is 228 g/mol. The predicted molar refractivity (Wildman–Crippen MR) is 69.0 cm³/mol. The highest BCUT2D eigenvalue weighted by Gasteiger charge is 2.16. The molecule has 4 nitrogen and oxygen atoms in total. The number of carbonyl (C=O) groups excluding carboxylic acids is 1. The standard InChI is InChI=1S/C14H20N2O2/c17-14(12-7-6-10-16(18)11-12)15-13-8-4-2-1-3-5-9-13/h6-7,10-11,13H,1-5,8-9H2,(H,15,17). The Morgan fingerprint density at radius 2 is 1.89 bits per heavy atom. The average molecular weight is 248 g/mol. The Morgan fingerprint density at radius 1 is 1.22 bits per heavy atom. The largest absolute Gasteiger partial charge is 0.619 e. The quantitative estimate of drug-likeness (QED) is 0.644. The molecule has 0 radical (unpaired) electrons. The number of nitrogens with one attached hydrogen (secondary N) is 1. The zero-order valence-corrected chi connectivity index (χ0v) is 10.6. The Labute approximate surface area is 108 Å². The second-order valence-electron chi connectivity index (χ2n) is 4.97. The molecule has 0 aliphatic heterocycles. The second-order valence-corrected chi connectivity index (χ2v) is 4.97. The lowest BCUT2D eigenvalue weighted by molar-refractivity contribution is -0.605. The van der Waals surface area contributed by atoms with Crippen LogP contribution in [-0.2, 0) is 0 Å². The highest BCUT2D eigenvalue weighted by Crippen LogP contribution is 2.17. The number of pyridine rings is 1. The van der Waals surface area contributed by atoms with Crippen LogP contribution in [0.5, 0.6) is 0 Å². The Kier molecular flexibility index (Phi) is 4.56. The van der Waals surface area contributed by atoms with Crippen LogP contribution in [0.3, 0.4) is 0 Å². The van der Waals surface area contributed by atoms with E-state index in [0.29, 0.717) is 10.3 Å². The van der Waals surface area contributed by atoms with Crippen molar-refractivity contribution < 1.29 is 9.52 Å². The van der Waals surface area contributed by atoms with Gasteiger partial charge in [0.05, 0.1) is 0 Å². The van der Waals surface area contributed by atoms with E-state index in [-0.39, 0.29) is 11.9 Å². The number of hydrogen-bond acceptors (Lipinski definition) is 2. The molecule has 1 heterocycles. The normalized spacial score (nSPS) is 17.8. The van der Waals surface area contributed by atoms with Crippen molar-refractivity contribution in [3.63, 3.8) is 0 Å². The van der Waals surface area contributed by atoms with Gasteiger partial charge >= 0.3 is 0 Å². The maximum absolute atomic E-state index is 12.0. The molecule has 1 aromatic rings. The van der Waals surface area contributed by atoms with E-state index in [1.807, 2.05) is 0 Å². The number of nitrogens with zero attached hydrogens (tertiary/aromatic N) is 1. The Balaban J connectivity index is 1.93. The van der Waals surface area contributed by atoms with Crippen molar-refractivity contribution in [1.29, 1.82) is 0 Å². The van der Waals surface area contributed by atoms with Gasteiger partial charge < -0.3 is 10.5 Å². The minimum Gasteiger partial charge on any atom is -0.619 e.